The Bertz CT molecular complexity index is 668. The van der Waals surface area contributed by atoms with Crippen LogP contribution in [0.3, 0.4) is 0 Å². The maximum absolute atomic E-state index is 11.4. The molecule has 0 aliphatic heterocycles. The molecule has 1 aliphatic carbocycles. The molecule has 1 saturated carbocycles. The molecule has 1 heterocycles. The van der Waals surface area contributed by atoms with Gasteiger partial charge in [0.2, 0.25) is 0 Å². The highest BCUT2D eigenvalue weighted by molar-refractivity contribution is 8.00. The first kappa shape index (κ1) is 13.2. The number of rotatable bonds is 5. The number of para-hydroxylation sites is 1. The molecule has 2 aromatic rings. The summed E-state index contributed by atoms with van der Waals surface area (Å²) < 4.78 is 0.278. The number of benzene rings is 1. The van der Waals surface area contributed by atoms with Crippen molar-refractivity contribution in [2.75, 3.05) is 18.1 Å². The first-order valence-corrected chi connectivity index (χ1v) is 7.78. The molecule has 1 aliphatic rings. The molecule has 20 heavy (non-hydrogen) atoms. The van der Waals surface area contributed by atoms with E-state index in [9.17, 15) is 9.90 Å². The van der Waals surface area contributed by atoms with Crippen LogP contribution in [-0.2, 0) is 0 Å². The average Bonchev–Trinajstić information content (AvgIpc) is 3.25. The van der Waals surface area contributed by atoms with Gasteiger partial charge in [-0.1, -0.05) is 18.2 Å². The highest BCUT2D eigenvalue weighted by Crippen LogP contribution is 2.47. The second-order valence-corrected chi connectivity index (χ2v) is 6.38. The lowest BCUT2D eigenvalue weighted by molar-refractivity contribution is 0.0697. The zero-order valence-corrected chi connectivity index (χ0v) is 12.0. The summed E-state index contributed by atoms with van der Waals surface area (Å²) in [4.78, 5) is 15.6. The Hall–Kier alpha value is -1.75. The normalized spacial score (nSPS) is 16.1. The molecule has 0 saturated heterocycles. The van der Waals surface area contributed by atoms with E-state index < -0.39 is 5.97 Å². The summed E-state index contributed by atoms with van der Waals surface area (Å²) in [5.41, 5.74) is 1.73. The van der Waals surface area contributed by atoms with E-state index in [1.165, 1.54) is 19.0 Å². The lowest BCUT2D eigenvalue weighted by Crippen LogP contribution is -2.19. The summed E-state index contributed by atoms with van der Waals surface area (Å²) in [6.07, 6.45) is 5.92. The molecule has 1 aromatic heterocycles. The fourth-order valence-corrected chi connectivity index (χ4v) is 3.06. The number of anilines is 1. The van der Waals surface area contributed by atoms with Crippen LogP contribution in [0.25, 0.3) is 10.9 Å². The van der Waals surface area contributed by atoms with E-state index in [1.807, 2.05) is 36.0 Å². The number of carboxylic acids is 1. The van der Waals surface area contributed by atoms with E-state index in [0.717, 1.165) is 17.4 Å². The zero-order valence-electron chi connectivity index (χ0n) is 11.2. The van der Waals surface area contributed by atoms with Crippen LogP contribution in [0.1, 0.15) is 23.2 Å². The monoisotopic (exact) mass is 288 g/mol. The van der Waals surface area contributed by atoms with Crippen LogP contribution >= 0.6 is 11.8 Å². The van der Waals surface area contributed by atoms with Gasteiger partial charge < -0.3 is 10.4 Å². The molecule has 104 valence electrons. The predicted molar refractivity (Wildman–Crippen MR) is 82.7 cm³/mol. The van der Waals surface area contributed by atoms with Gasteiger partial charge in [0.15, 0.2) is 0 Å². The maximum atomic E-state index is 11.4. The van der Waals surface area contributed by atoms with Gasteiger partial charge in [-0.15, -0.1) is 0 Å². The molecule has 4 nitrogen and oxygen atoms in total. The summed E-state index contributed by atoms with van der Waals surface area (Å²) >= 11 is 1.85. The number of nitrogens with one attached hydrogen (secondary N) is 1. The Morgan fingerprint density at radius 2 is 2.20 bits per heavy atom. The molecule has 1 fully saturated rings. The molecule has 0 atom stereocenters. The van der Waals surface area contributed by atoms with Gasteiger partial charge in [-0.3, -0.25) is 4.98 Å². The van der Waals surface area contributed by atoms with Crippen molar-refractivity contribution < 1.29 is 9.90 Å². The van der Waals surface area contributed by atoms with Crippen molar-refractivity contribution in [2.45, 2.75) is 17.6 Å². The number of aromatic nitrogens is 1. The zero-order chi connectivity index (χ0) is 14.2. The second kappa shape index (κ2) is 4.98. The van der Waals surface area contributed by atoms with Crippen LogP contribution in [0, 0.1) is 0 Å². The SMILES string of the molecule is CSC1(CNc2c(C(=O)O)cnc3ccccc23)CC1. The third-order valence-electron chi connectivity index (χ3n) is 3.83. The number of fused-ring (bicyclic) bond motifs is 1. The van der Waals surface area contributed by atoms with Crippen LogP contribution in [0.4, 0.5) is 5.69 Å². The minimum absolute atomic E-state index is 0.237. The molecule has 0 amide bonds. The predicted octanol–water partition coefficient (Wildman–Crippen LogP) is 3.24. The van der Waals surface area contributed by atoms with Crippen LogP contribution in [0.2, 0.25) is 0 Å². The number of carboxylic acid groups (broad SMARTS) is 1. The summed E-state index contributed by atoms with van der Waals surface area (Å²) in [6.45, 7) is 0.794. The smallest absolute Gasteiger partial charge is 0.339 e. The van der Waals surface area contributed by atoms with Crippen molar-refractivity contribution in [2.24, 2.45) is 0 Å². The standard InChI is InChI=1S/C15H16N2O2S/c1-20-15(6-7-15)9-17-13-10-4-2-3-5-12(10)16-8-11(13)14(18)19/h2-5,8H,6-7,9H2,1H3,(H,16,17)(H,18,19). The number of pyridine rings is 1. The topological polar surface area (TPSA) is 62.2 Å². The van der Waals surface area contributed by atoms with E-state index in [1.54, 1.807) is 0 Å². The number of carbonyl (C=O) groups is 1. The van der Waals surface area contributed by atoms with Gasteiger partial charge in [0.1, 0.15) is 5.56 Å². The van der Waals surface area contributed by atoms with Crippen molar-refractivity contribution in [3.8, 4) is 0 Å². The van der Waals surface area contributed by atoms with Crippen molar-refractivity contribution >= 4 is 34.3 Å². The Morgan fingerprint density at radius 1 is 1.45 bits per heavy atom. The van der Waals surface area contributed by atoms with Gasteiger partial charge in [0.05, 0.1) is 11.2 Å². The van der Waals surface area contributed by atoms with Gasteiger partial charge in [-0.05, 0) is 25.2 Å². The largest absolute Gasteiger partial charge is 0.478 e. The second-order valence-electron chi connectivity index (χ2n) is 5.11. The van der Waals surface area contributed by atoms with Crippen molar-refractivity contribution in [3.05, 3.63) is 36.0 Å². The van der Waals surface area contributed by atoms with E-state index in [-0.39, 0.29) is 10.3 Å². The van der Waals surface area contributed by atoms with Crippen LogP contribution < -0.4 is 5.32 Å². The number of hydrogen-bond donors (Lipinski definition) is 2. The van der Waals surface area contributed by atoms with E-state index in [0.29, 0.717) is 5.69 Å². The Morgan fingerprint density at radius 3 is 2.85 bits per heavy atom. The summed E-state index contributed by atoms with van der Waals surface area (Å²) in [5.74, 6) is -0.945. The van der Waals surface area contributed by atoms with Crippen molar-refractivity contribution in [3.63, 3.8) is 0 Å². The van der Waals surface area contributed by atoms with Crippen LogP contribution in [0.15, 0.2) is 30.5 Å². The fourth-order valence-electron chi connectivity index (χ4n) is 2.34. The minimum Gasteiger partial charge on any atom is -0.478 e. The molecule has 2 N–H and O–H groups in total. The average molecular weight is 288 g/mol. The third-order valence-corrected chi connectivity index (χ3v) is 5.25. The molecule has 3 rings (SSSR count). The molecule has 5 heteroatoms. The number of thioether (sulfide) groups is 1. The lowest BCUT2D eigenvalue weighted by Gasteiger charge is -2.17. The molecule has 0 spiro atoms. The molecular weight excluding hydrogens is 272 g/mol. The Labute approximate surface area is 121 Å². The Balaban J connectivity index is 2.01. The first-order chi connectivity index (χ1) is 9.65. The van der Waals surface area contributed by atoms with E-state index in [4.69, 9.17) is 0 Å². The van der Waals surface area contributed by atoms with Gasteiger partial charge in [-0.2, -0.15) is 11.8 Å². The molecular formula is C15H16N2O2S. The highest BCUT2D eigenvalue weighted by Gasteiger charge is 2.41. The summed E-state index contributed by atoms with van der Waals surface area (Å²) in [5, 5.41) is 13.6. The molecule has 0 radical (unpaired) electrons. The minimum atomic E-state index is -0.945. The quantitative estimate of drug-likeness (QED) is 0.884. The fraction of sp³-hybridized carbons (Fsp3) is 0.333. The molecule has 0 bridgehead atoms. The van der Waals surface area contributed by atoms with Crippen LogP contribution in [-0.4, -0.2) is 33.6 Å². The van der Waals surface area contributed by atoms with Gasteiger partial charge >= 0.3 is 5.97 Å². The number of nitrogens with zero attached hydrogens (tertiary/aromatic N) is 1. The first-order valence-electron chi connectivity index (χ1n) is 6.55. The van der Waals surface area contributed by atoms with Crippen molar-refractivity contribution in [1.29, 1.82) is 0 Å². The lowest BCUT2D eigenvalue weighted by atomic mass is 10.1. The number of hydrogen-bond acceptors (Lipinski definition) is 4. The summed E-state index contributed by atoms with van der Waals surface area (Å²) in [7, 11) is 0. The maximum Gasteiger partial charge on any atom is 0.339 e. The van der Waals surface area contributed by atoms with E-state index in [2.05, 4.69) is 16.6 Å². The summed E-state index contributed by atoms with van der Waals surface area (Å²) in [6, 6.07) is 7.62. The third kappa shape index (κ3) is 2.33. The van der Waals surface area contributed by atoms with Gasteiger partial charge in [0, 0.05) is 22.9 Å². The van der Waals surface area contributed by atoms with Gasteiger partial charge in [-0.25, -0.2) is 4.79 Å². The molecule has 0 unspecified atom stereocenters. The molecule has 1 aromatic carbocycles. The van der Waals surface area contributed by atoms with Crippen molar-refractivity contribution in [1.82, 2.24) is 4.98 Å². The van der Waals surface area contributed by atoms with Gasteiger partial charge in [0.25, 0.3) is 0 Å². The van der Waals surface area contributed by atoms with Crippen LogP contribution in [0.5, 0.6) is 0 Å². The Kier molecular flexibility index (Phi) is 3.30. The highest BCUT2D eigenvalue weighted by atomic mass is 32.2. The number of aromatic carboxylic acids is 1. The van der Waals surface area contributed by atoms with E-state index >= 15 is 0 Å².